The summed E-state index contributed by atoms with van der Waals surface area (Å²) in [6.45, 7) is 7.80. The Bertz CT molecular complexity index is 557. The molecule has 3 rings (SSSR count). The normalized spacial score (nSPS) is 31.4. The molecule has 2 heterocycles. The van der Waals surface area contributed by atoms with E-state index in [2.05, 4.69) is 30.7 Å². The molecule has 3 nitrogen and oxygen atoms in total. The summed E-state index contributed by atoms with van der Waals surface area (Å²) in [4.78, 5) is 18.7. The van der Waals surface area contributed by atoms with E-state index in [0.29, 0.717) is 22.2 Å². The lowest BCUT2D eigenvalue weighted by atomic mass is 9.65. The van der Waals surface area contributed by atoms with Crippen LogP contribution in [0.3, 0.4) is 0 Å². The van der Waals surface area contributed by atoms with Crippen LogP contribution in [0.2, 0.25) is 5.15 Å². The Labute approximate surface area is 125 Å². The molecule has 1 amide bonds. The number of fused-ring (bicyclic) bond motifs is 2. The minimum atomic E-state index is 0.0979. The van der Waals surface area contributed by atoms with E-state index in [1.807, 2.05) is 0 Å². The number of carbonyl (C=O) groups excluding carboxylic acids is 1. The molecule has 0 spiro atoms. The number of pyridine rings is 1. The van der Waals surface area contributed by atoms with E-state index in [1.165, 1.54) is 6.42 Å². The summed E-state index contributed by atoms with van der Waals surface area (Å²) >= 11 is 5.90. The van der Waals surface area contributed by atoms with Crippen molar-refractivity contribution < 1.29 is 4.79 Å². The van der Waals surface area contributed by atoms with Gasteiger partial charge in [-0.05, 0) is 42.2 Å². The van der Waals surface area contributed by atoms with Crippen LogP contribution < -0.4 is 0 Å². The van der Waals surface area contributed by atoms with Crippen molar-refractivity contribution in [2.24, 2.45) is 10.8 Å². The highest BCUT2D eigenvalue weighted by molar-refractivity contribution is 6.29. The summed E-state index contributed by atoms with van der Waals surface area (Å²) in [6.07, 6.45) is 5.01. The molecular weight excluding hydrogens is 272 g/mol. The Morgan fingerprint density at radius 1 is 1.40 bits per heavy atom. The number of halogens is 1. The topological polar surface area (TPSA) is 33.2 Å². The van der Waals surface area contributed by atoms with E-state index in [-0.39, 0.29) is 11.3 Å². The van der Waals surface area contributed by atoms with Crippen molar-refractivity contribution in [1.82, 2.24) is 9.88 Å². The van der Waals surface area contributed by atoms with Gasteiger partial charge in [0, 0.05) is 24.3 Å². The summed E-state index contributed by atoms with van der Waals surface area (Å²) in [5.74, 6) is 0.0979. The van der Waals surface area contributed by atoms with E-state index in [0.717, 1.165) is 19.4 Å². The van der Waals surface area contributed by atoms with Gasteiger partial charge in [-0.25, -0.2) is 4.98 Å². The summed E-state index contributed by atoms with van der Waals surface area (Å²) in [6, 6.07) is 3.78. The molecule has 20 heavy (non-hydrogen) atoms. The molecule has 1 aromatic rings. The zero-order valence-electron chi connectivity index (χ0n) is 12.3. The second-order valence-electron chi connectivity index (χ2n) is 7.51. The molecule has 1 aliphatic heterocycles. The minimum absolute atomic E-state index is 0.0979. The van der Waals surface area contributed by atoms with E-state index >= 15 is 0 Å². The number of aromatic nitrogens is 1. The molecule has 2 fully saturated rings. The van der Waals surface area contributed by atoms with Gasteiger partial charge in [-0.3, -0.25) is 4.79 Å². The zero-order valence-corrected chi connectivity index (χ0v) is 13.1. The second-order valence-corrected chi connectivity index (χ2v) is 7.90. The molecule has 1 aliphatic carbocycles. The van der Waals surface area contributed by atoms with Crippen LogP contribution in [0.5, 0.6) is 0 Å². The predicted octanol–water partition coefficient (Wildman–Crippen LogP) is 3.78. The van der Waals surface area contributed by atoms with Gasteiger partial charge in [-0.1, -0.05) is 32.4 Å². The maximum atomic E-state index is 12.7. The fraction of sp³-hybridized carbons (Fsp3) is 0.625. The van der Waals surface area contributed by atoms with Crippen molar-refractivity contribution in [1.29, 1.82) is 0 Å². The number of carbonyl (C=O) groups is 1. The number of likely N-dealkylation sites (tertiary alicyclic amines) is 1. The Morgan fingerprint density at radius 3 is 2.85 bits per heavy atom. The number of amides is 1. The SMILES string of the molecule is CC1(C)CC2CC(C)(CN2C(=O)c2ccnc(Cl)c2)C1. The van der Waals surface area contributed by atoms with E-state index in [4.69, 9.17) is 11.6 Å². The van der Waals surface area contributed by atoms with E-state index in [1.54, 1.807) is 18.3 Å². The zero-order chi connectivity index (χ0) is 14.5. The molecule has 0 N–H and O–H groups in total. The third kappa shape index (κ3) is 2.44. The standard InChI is InChI=1S/C16H21ClN2O/c1-15(2)7-12-8-16(3,9-15)10-19(12)14(20)11-4-5-18-13(17)6-11/h4-6,12H,7-10H2,1-3H3. The van der Waals surface area contributed by atoms with Crippen LogP contribution in [-0.4, -0.2) is 28.4 Å². The van der Waals surface area contributed by atoms with Crippen LogP contribution >= 0.6 is 11.6 Å². The molecule has 1 saturated carbocycles. The minimum Gasteiger partial charge on any atom is -0.335 e. The van der Waals surface area contributed by atoms with Gasteiger partial charge in [0.15, 0.2) is 0 Å². The fourth-order valence-electron chi connectivity index (χ4n) is 4.40. The number of nitrogens with zero attached hydrogens (tertiary/aromatic N) is 2. The average Bonchev–Trinajstić information content (AvgIpc) is 2.57. The first kappa shape index (κ1) is 13.9. The van der Waals surface area contributed by atoms with Gasteiger partial charge in [0.1, 0.15) is 5.15 Å². The van der Waals surface area contributed by atoms with Crippen molar-refractivity contribution in [3.63, 3.8) is 0 Å². The van der Waals surface area contributed by atoms with Crippen molar-refractivity contribution in [2.45, 2.75) is 46.1 Å². The lowest BCUT2D eigenvalue weighted by Gasteiger charge is -2.39. The summed E-state index contributed by atoms with van der Waals surface area (Å²) in [5.41, 5.74) is 1.24. The molecule has 0 radical (unpaired) electrons. The second kappa shape index (κ2) is 4.45. The van der Waals surface area contributed by atoms with Crippen LogP contribution in [0.4, 0.5) is 0 Å². The van der Waals surface area contributed by atoms with Gasteiger partial charge in [0.2, 0.25) is 0 Å². The Morgan fingerprint density at radius 2 is 2.15 bits per heavy atom. The number of hydrogen-bond donors (Lipinski definition) is 0. The highest BCUT2D eigenvalue weighted by atomic mass is 35.5. The molecule has 2 aliphatic rings. The monoisotopic (exact) mass is 292 g/mol. The Balaban J connectivity index is 1.87. The van der Waals surface area contributed by atoms with Crippen molar-refractivity contribution in [3.8, 4) is 0 Å². The highest BCUT2D eigenvalue weighted by Crippen LogP contribution is 2.52. The van der Waals surface area contributed by atoms with Crippen LogP contribution in [0.25, 0.3) is 0 Å². The largest absolute Gasteiger partial charge is 0.335 e. The molecule has 2 unspecified atom stereocenters. The van der Waals surface area contributed by atoms with Crippen molar-refractivity contribution in [3.05, 3.63) is 29.0 Å². The van der Waals surface area contributed by atoms with Crippen molar-refractivity contribution in [2.75, 3.05) is 6.54 Å². The maximum Gasteiger partial charge on any atom is 0.254 e. The summed E-state index contributed by atoms with van der Waals surface area (Å²) in [5, 5.41) is 0.379. The number of hydrogen-bond acceptors (Lipinski definition) is 2. The van der Waals surface area contributed by atoms with E-state index in [9.17, 15) is 4.79 Å². The maximum absolute atomic E-state index is 12.7. The molecule has 0 aromatic carbocycles. The number of rotatable bonds is 1. The molecule has 2 bridgehead atoms. The summed E-state index contributed by atoms with van der Waals surface area (Å²) in [7, 11) is 0. The van der Waals surface area contributed by atoms with Gasteiger partial charge >= 0.3 is 0 Å². The van der Waals surface area contributed by atoms with Crippen molar-refractivity contribution >= 4 is 17.5 Å². The van der Waals surface area contributed by atoms with Crippen LogP contribution in [0.1, 0.15) is 50.4 Å². The lowest BCUT2D eigenvalue weighted by Crippen LogP contribution is -2.37. The Kier molecular flexibility index (Phi) is 3.09. The third-order valence-corrected chi connectivity index (χ3v) is 4.86. The molecule has 1 saturated heterocycles. The first-order valence-corrected chi connectivity index (χ1v) is 7.58. The molecule has 108 valence electrons. The first-order chi connectivity index (χ1) is 9.28. The fourth-order valence-corrected chi connectivity index (χ4v) is 4.57. The third-order valence-electron chi connectivity index (χ3n) is 4.65. The smallest absolute Gasteiger partial charge is 0.254 e. The van der Waals surface area contributed by atoms with Crippen LogP contribution in [0.15, 0.2) is 18.3 Å². The van der Waals surface area contributed by atoms with Gasteiger partial charge in [0.25, 0.3) is 5.91 Å². The average molecular weight is 293 g/mol. The van der Waals surface area contributed by atoms with Gasteiger partial charge < -0.3 is 4.90 Å². The first-order valence-electron chi connectivity index (χ1n) is 7.21. The van der Waals surface area contributed by atoms with Crippen LogP contribution in [0, 0.1) is 10.8 Å². The summed E-state index contributed by atoms with van der Waals surface area (Å²) < 4.78 is 0. The highest BCUT2D eigenvalue weighted by Gasteiger charge is 2.50. The molecule has 4 heteroatoms. The predicted molar refractivity (Wildman–Crippen MR) is 79.8 cm³/mol. The molecular formula is C16H21ClN2O. The van der Waals surface area contributed by atoms with Crippen LogP contribution in [-0.2, 0) is 0 Å². The van der Waals surface area contributed by atoms with Gasteiger partial charge in [0.05, 0.1) is 0 Å². The lowest BCUT2D eigenvalue weighted by molar-refractivity contribution is 0.0708. The van der Waals surface area contributed by atoms with E-state index < -0.39 is 0 Å². The van der Waals surface area contributed by atoms with Gasteiger partial charge in [-0.15, -0.1) is 0 Å². The molecule has 2 atom stereocenters. The van der Waals surface area contributed by atoms with Gasteiger partial charge in [-0.2, -0.15) is 0 Å². The molecule has 1 aromatic heterocycles. The Hall–Kier alpha value is -1.09. The quantitative estimate of drug-likeness (QED) is 0.738.